The van der Waals surface area contributed by atoms with Crippen molar-refractivity contribution in [2.75, 3.05) is 6.54 Å². The third kappa shape index (κ3) is 5.18. The molecule has 8 heteroatoms. The van der Waals surface area contributed by atoms with E-state index in [0.717, 1.165) is 17.2 Å². The number of imidazole rings is 1. The molecule has 0 unspecified atom stereocenters. The number of benzene rings is 3. The quantitative estimate of drug-likeness (QED) is 0.336. The van der Waals surface area contributed by atoms with Gasteiger partial charge in [0.25, 0.3) is 5.91 Å². The summed E-state index contributed by atoms with van der Waals surface area (Å²) in [5.74, 6) is -0.126. The zero-order valence-electron chi connectivity index (χ0n) is 20.1. The fraction of sp³-hybridized carbons (Fsp3) is 0.214. The lowest BCUT2D eigenvalue weighted by molar-refractivity contribution is -0.137. The molecule has 0 saturated heterocycles. The number of aliphatic hydroxyl groups is 1. The number of carbonyl (C=O) groups is 1. The standard InChI is InChI=1S/C28H26F3N3O2/c1-4-32-26(35)20-11-7-9-18(15-20)19-10-8-12-21(16-19)34-17-24(27(2,3)36)33-25(34)22-13-5-6-14-23(22)28(29,30)31/h5-17,36H,4H2,1-3H3,(H,32,35). The van der Waals surface area contributed by atoms with E-state index in [4.69, 9.17) is 0 Å². The van der Waals surface area contributed by atoms with Gasteiger partial charge in [-0.25, -0.2) is 4.98 Å². The van der Waals surface area contributed by atoms with Crippen molar-refractivity contribution in [1.82, 2.24) is 14.9 Å². The van der Waals surface area contributed by atoms with Gasteiger partial charge in [-0.15, -0.1) is 0 Å². The number of aromatic nitrogens is 2. The molecule has 1 heterocycles. The van der Waals surface area contributed by atoms with Crippen LogP contribution < -0.4 is 5.32 Å². The van der Waals surface area contributed by atoms with E-state index >= 15 is 0 Å². The third-order valence-electron chi connectivity index (χ3n) is 5.73. The molecule has 2 N–H and O–H groups in total. The molecule has 0 fully saturated rings. The Morgan fingerprint density at radius 2 is 1.64 bits per heavy atom. The molecule has 4 aromatic rings. The van der Waals surface area contributed by atoms with Gasteiger partial charge < -0.3 is 10.4 Å². The number of hydrogen-bond donors (Lipinski definition) is 2. The van der Waals surface area contributed by atoms with Crippen LogP contribution in [0.15, 0.2) is 79.0 Å². The lowest BCUT2D eigenvalue weighted by atomic mass is 10.0. The fourth-order valence-electron chi connectivity index (χ4n) is 3.93. The van der Waals surface area contributed by atoms with Crippen molar-refractivity contribution in [2.45, 2.75) is 32.5 Å². The van der Waals surface area contributed by atoms with Gasteiger partial charge in [0.05, 0.1) is 11.3 Å². The average Bonchev–Trinajstić information content (AvgIpc) is 3.30. The molecule has 0 atom stereocenters. The number of nitrogens with one attached hydrogen (secondary N) is 1. The lowest BCUT2D eigenvalue weighted by Gasteiger charge is -2.15. The van der Waals surface area contributed by atoms with Crippen molar-refractivity contribution >= 4 is 5.91 Å². The first-order chi connectivity index (χ1) is 17.0. The summed E-state index contributed by atoms with van der Waals surface area (Å²) < 4.78 is 43.1. The van der Waals surface area contributed by atoms with Gasteiger partial charge in [0.15, 0.2) is 0 Å². The Kier molecular flexibility index (Phi) is 6.73. The van der Waals surface area contributed by atoms with Gasteiger partial charge in [0.1, 0.15) is 11.4 Å². The minimum absolute atomic E-state index is 0.0632. The van der Waals surface area contributed by atoms with Crippen LogP contribution in [0.1, 0.15) is 42.4 Å². The Bertz CT molecular complexity index is 1400. The zero-order chi connectivity index (χ0) is 26.1. The van der Waals surface area contributed by atoms with Crippen LogP contribution in [0.3, 0.4) is 0 Å². The Balaban J connectivity index is 1.87. The second-order valence-corrected chi connectivity index (χ2v) is 8.91. The van der Waals surface area contributed by atoms with Gasteiger partial charge in [-0.3, -0.25) is 9.36 Å². The first-order valence-electron chi connectivity index (χ1n) is 11.5. The van der Waals surface area contributed by atoms with Crippen LogP contribution in [0.5, 0.6) is 0 Å². The number of halogens is 3. The number of nitrogens with zero attached hydrogens (tertiary/aromatic N) is 2. The van der Waals surface area contributed by atoms with Crippen molar-refractivity contribution in [2.24, 2.45) is 0 Å². The minimum Gasteiger partial charge on any atom is -0.384 e. The van der Waals surface area contributed by atoms with E-state index in [1.54, 1.807) is 41.1 Å². The lowest BCUT2D eigenvalue weighted by Crippen LogP contribution is -2.22. The highest BCUT2D eigenvalue weighted by atomic mass is 19.4. The van der Waals surface area contributed by atoms with Gasteiger partial charge in [-0.2, -0.15) is 13.2 Å². The Labute approximate surface area is 207 Å². The van der Waals surface area contributed by atoms with Crippen molar-refractivity contribution < 1.29 is 23.1 Å². The van der Waals surface area contributed by atoms with Crippen molar-refractivity contribution in [3.8, 4) is 28.2 Å². The van der Waals surface area contributed by atoms with Crippen LogP contribution in [0, 0.1) is 0 Å². The van der Waals surface area contributed by atoms with E-state index in [1.807, 2.05) is 25.1 Å². The highest BCUT2D eigenvalue weighted by molar-refractivity contribution is 5.95. The molecule has 0 radical (unpaired) electrons. The summed E-state index contributed by atoms with van der Waals surface area (Å²) in [6.07, 6.45) is -3.03. The van der Waals surface area contributed by atoms with Crippen molar-refractivity contribution in [1.29, 1.82) is 0 Å². The highest BCUT2D eigenvalue weighted by Gasteiger charge is 2.35. The van der Waals surface area contributed by atoms with Gasteiger partial charge in [-0.05, 0) is 62.2 Å². The molecule has 36 heavy (non-hydrogen) atoms. The van der Waals surface area contributed by atoms with Gasteiger partial charge in [0.2, 0.25) is 0 Å². The first-order valence-corrected chi connectivity index (χ1v) is 11.5. The van der Waals surface area contributed by atoms with E-state index in [1.165, 1.54) is 32.0 Å². The van der Waals surface area contributed by atoms with E-state index in [2.05, 4.69) is 10.3 Å². The number of alkyl halides is 3. The maximum absolute atomic E-state index is 13.8. The number of carbonyl (C=O) groups excluding carboxylic acids is 1. The Hall–Kier alpha value is -3.91. The smallest absolute Gasteiger partial charge is 0.384 e. The normalized spacial score (nSPS) is 12.0. The average molecular weight is 494 g/mol. The summed E-state index contributed by atoms with van der Waals surface area (Å²) in [5.41, 5.74) is 0.573. The van der Waals surface area contributed by atoms with Crippen LogP contribution in [-0.2, 0) is 11.8 Å². The second-order valence-electron chi connectivity index (χ2n) is 8.91. The zero-order valence-corrected chi connectivity index (χ0v) is 20.1. The summed E-state index contributed by atoms with van der Waals surface area (Å²) in [6.45, 7) is 5.41. The molecule has 3 aromatic carbocycles. The van der Waals surface area contributed by atoms with Crippen LogP contribution in [0.2, 0.25) is 0 Å². The summed E-state index contributed by atoms with van der Waals surface area (Å²) in [6, 6.07) is 19.6. The van der Waals surface area contributed by atoms with Crippen LogP contribution in [-0.4, -0.2) is 27.1 Å². The Morgan fingerprint density at radius 3 is 2.31 bits per heavy atom. The molecule has 0 aliphatic carbocycles. The maximum Gasteiger partial charge on any atom is 0.417 e. The number of hydrogen-bond acceptors (Lipinski definition) is 3. The van der Waals surface area contributed by atoms with Gasteiger partial charge in [0, 0.05) is 29.6 Å². The summed E-state index contributed by atoms with van der Waals surface area (Å²) in [5, 5.41) is 13.3. The van der Waals surface area contributed by atoms with Crippen LogP contribution >= 0.6 is 0 Å². The fourth-order valence-corrected chi connectivity index (χ4v) is 3.93. The van der Waals surface area contributed by atoms with E-state index in [9.17, 15) is 23.1 Å². The largest absolute Gasteiger partial charge is 0.417 e. The summed E-state index contributed by atoms with van der Waals surface area (Å²) >= 11 is 0. The molecule has 0 bridgehead atoms. The number of rotatable bonds is 6. The molecule has 0 saturated carbocycles. The molecule has 5 nitrogen and oxygen atoms in total. The predicted octanol–water partition coefficient (Wildman–Crippen LogP) is 6.20. The summed E-state index contributed by atoms with van der Waals surface area (Å²) in [7, 11) is 0. The van der Waals surface area contributed by atoms with Gasteiger partial charge >= 0.3 is 6.18 Å². The monoisotopic (exact) mass is 493 g/mol. The second kappa shape index (κ2) is 9.62. The molecule has 186 valence electrons. The Morgan fingerprint density at radius 1 is 0.972 bits per heavy atom. The molecule has 4 rings (SSSR count). The summed E-state index contributed by atoms with van der Waals surface area (Å²) in [4.78, 5) is 16.7. The van der Waals surface area contributed by atoms with E-state index < -0.39 is 17.3 Å². The van der Waals surface area contributed by atoms with Gasteiger partial charge in [-0.1, -0.05) is 42.5 Å². The molecule has 0 aliphatic rings. The topological polar surface area (TPSA) is 67.2 Å². The predicted molar refractivity (Wildman–Crippen MR) is 133 cm³/mol. The molecule has 1 amide bonds. The van der Waals surface area contributed by atoms with Crippen LogP contribution in [0.4, 0.5) is 13.2 Å². The maximum atomic E-state index is 13.8. The molecule has 1 aromatic heterocycles. The first kappa shape index (κ1) is 25.2. The van der Waals surface area contributed by atoms with E-state index in [0.29, 0.717) is 17.8 Å². The number of amides is 1. The van der Waals surface area contributed by atoms with Crippen molar-refractivity contribution in [3.05, 3.63) is 95.8 Å². The van der Waals surface area contributed by atoms with E-state index in [-0.39, 0.29) is 23.0 Å². The van der Waals surface area contributed by atoms with Crippen molar-refractivity contribution in [3.63, 3.8) is 0 Å². The third-order valence-corrected chi connectivity index (χ3v) is 5.73. The highest BCUT2D eigenvalue weighted by Crippen LogP contribution is 2.38. The molecular formula is C28H26F3N3O2. The SMILES string of the molecule is CCNC(=O)c1cccc(-c2cccc(-n3cc(C(C)(C)O)nc3-c3ccccc3C(F)(F)F)c2)c1. The molecule has 0 spiro atoms. The molecule has 0 aliphatic heterocycles. The minimum atomic E-state index is -4.58. The molecular weight excluding hydrogens is 467 g/mol. The van der Waals surface area contributed by atoms with Crippen LogP contribution in [0.25, 0.3) is 28.2 Å².